The summed E-state index contributed by atoms with van der Waals surface area (Å²) in [5, 5.41) is 11.2. The lowest BCUT2D eigenvalue weighted by molar-refractivity contribution is -0.153. The molecule has 140 valence electrons. The van der Waals surface area contributed by atoms with Gasteiger partial charge in [0.2, 0.25) is 0 Å². The molecule has 3 rings (SSSR count). The van der Waals surface area contributed by atoms with E-state index in [2.05, 4.69) is 4.98 Å². The third-order valence-corrected chi connectivity index (χ3v) is 4.65. The summed E-state index contributed by atoms with van der Waals surface area (Å²) in [4.78, 5) is 16.7. The summed E-state index contributed by atoms with van der Waals surface area (Å²) in [5.74, 6) is -1.04. The molecular weight excluding hydrogens is 362 g/mol. The number of hydrogen-bond donors (Lipinski definition) is 1. The number of aliphatic carboxylic acids is 1. The van der Waals surface area contributed by atoms with Gasteiger partial charge in [0, 0.05) is 21.7 Å². The number of fused-ring (bicyclic) bond motifs is 1. The van der Waals surface area contributed by atoms with Crippen molar-refractivity contribution in [1.29, 1.82) is 0 Å². The van der Waals surface area contributed by atoms with Gasteiger partial charge in [-0.1, -0.05) is 41.4 Å². The van der Waals surface area contributed by atoms with Crippen molar-refractivity contribution >= 4 is 28.5 Å². The van der Waals surface area contributed by atoms with Crippen molar-refractivity contribution < 1.29 is 14.6 Å². The number of carboxylic acid groups (broad SMARTS) is 1. The fourth-order valence-corrected chi connectivity index (χ4v) is 3.42. The van der Waals surface area contributed by atoms with E-state index in [1.54, 1.807) is 6.07 Å². The Bertz CT molecular complexity index is 997. The Labute approximate surface area is 163 Å². The van der Waals surface area contributed by atoms with Crippen LogP contribution in [0.15, 0.2) is 42.5 Å². The fraction of sp³-hybridized carbons (Fsp3) is 0.273. The van der Waals surface area contributed by atoms with Gasteiger partial charge in [0.25, 0.3) is 0 Å². The van der Waals surface area contributed by atoms with Crippen LogP contribution in [0.3, 0.4) is 0 Å². The lowest BCUT2D eigenvalue weighted by Crippen LogP contribution is -2.21. The molecule has 1 N–H and O–H groups in total. The van der Waals surface area contributed by atoms with Gasteiger partial charge in [0.05, 0.1) is 11.6 Å². The number of rotatable bonds is 5. The van der Waals surface area contributed by atoms with Gasteiger partial charge in [-0.2, -0.15) is 0 Å². The molecule has 0 radical (unpaired) electrons. The molecule has 4 nitrogen and oxygen atoms in total. The van der Waals surface area contributed by atoms with Crippen LogP contribution in [-0.2, 0) is 9.53 Å². The first-order valence-electron chi connectivity index (χ1n) is 8.83. The number of pyridine rings is 1. The maximum absolute atomic E-state index is 12.0. The largest absolute Gasteiger partial charge is 0.479 e. The third-order valence-electron chi connectivity index (χ3n) is 4.41. The SMILES string of the molecule is Cc1ccc(-c2c(C(OC(C)C)C(=O)O)c(C)nc3ccc(Cl)cc23)cc1. The molecule has 1 atom stereocenters. The highest BCUT2D eigenvalue weighted by molar-refractivity contribution is 6.31. The number of ether oxygens (including phenoxy) is 1. The quantitative estimate of drug-likeness (QED) is 0.611. The van der Waals surface area contributed by atoms with Gasteiger partial charge >= 0.3 is 5.97 Å². The van der Waals surface area contributed by atoms with Crippen LogP contribution in [-0.4, -0.2) is 22.2 Å². The number of nitrogens with zero attached hydrogens (tertiary/aromatic N) is 1. The highest BCUT2D eigenvalue weighted by Crippen LogP contribution is 2.39. The van der Waals surface area contributed by atoms with Gasteiger partial charge in [0.1, 0.15) is 0 Å². The number of hydrogen-bond acceptors (Lipinski definition) is 3. The van der Waals surface area contributed by atoms with E-state index in [0.29, 0.717) is 16.3 Å². The molecule has 0 amide bonds. The van der Waals surface area contributed by atoms with E-state index in [-0.39, 0.29) is 6.10 Å². The highest BCUT2D eigenvalue weighted by Gasteiger charge is 2.29. The van der Waals surface area contributed by atoms with Crippen molar-refractivity contribution in [2.75, 3.05) is 0 Å². The monoisotopic (exact) mass is 383 g/mol. The van der Waals surface area contributed by atoms with E-state index in [1.807, 2.05) is 64.1 Å². The molecule has 27 heavy (non-hydrogen) atoms. The summed E-state index contributed by atoms with van der Waals surface area (Å²) >= 11 is 6.25. The van der Waals surface area contributed by atoms with Crippen LogP contribution in [0.25, 0.3) is 22.0 Å². The van der Waals surface area contributed by atoms with Gasteiger partial charge in [-0.3, -0.25) is 4.98 Å². The van der Waals surface area contributed by atoms with Crippen LogP contribution in [0, 0.1) is 13.8 Å². The normalized spacial score (nSPS) is 12.5. The summed E-state index contributed by atoms with van der Waals surface area (Å²) in [6.07, 6.45) is -1.36. The predicted octanol–water partition coefficient (Wildman–Crippen LogP) is 5.72. The third kappa shape index (κ3) is 3.97. The molecule has 1 heterocycles. The maximum atomic E-state index is 12.0. The van der Waals surface area contributed by atoms with Crippen molar-refractivity contribution in [2.24, 2.45) is 0 Å². The lowest BCUT2D eigenvalue weighted by Gasteiger charge is -2.23. The van der Waals surface area contributed by atoms with Crippen molar-refractivity contribution in [3.05, 3.63) is 64.3 Å². The van der Waals surface area contributed by atoms with Crippen molar-refractivity contribution in [2.45, 2.75) is 39.9 Å². The first-order valence-corrected chi connectivity index (χ1v) is 9.20. The minimum absolute atomic E-state index is 0.244. The molecule has 0 saturated heterocycles. The van der Waals surface area contributed by atoms with E-state index < -0.39 is 12.1 Å². The molecule has 0 bridgehead atoms. The molecule has 0 fully saturated rings. The average molecular weight is 384 g/mol. The zero-order valence-corrected chi connectivity index (χ0v) is 16.5. The van der Waals surface area contributed by atoms with Gasteiger partial charge in [-0.15, -0.1) is 0 Å². The van der Waals surface area contributed by atoms with Crippen LogP contribution in [0.2, 0.25) is 5.02 Å². The van der Waals surface area contributed by atoms with Gasteiger partial charge in [-0.05, 0) is 57.0 Å². The zero-order chi connectivity index (χ0) is 19.7. The van der Waals surface area contributed by atoms with Gasteiger partial charge in [0.15, 0.2) is 6.10 Å². The molecule has 1 unspecified atom stereocenters. The molecule has 5 heteroatoms. The van der Waals surface area contributed by atoms with E-state index >= 15 is 0 Å². The molecular formula is C22H22ClNO3. The average Bonchev–Trinajstić information content (AvgIpc) is 2.60. The maximum Gasteiger partial charge on any atom is 0.337 e. The Morgan fingerprint density at radius 2 is 1.78 bits per heavy atom. The van der Waals surface area contributed by atoms with E-state index in [0.717, 1.165) is 27.6 Å². The lowest BCUT2D eigenvalue weighted by atomic mass is 9.91. The van der Waals surface area contributed by atoms with Crippen LogP contribution in [0.4, 0.5) is 0 Å². The zero-order valence-electron chi connectivity index (χ0n) is 15.8. The molecule has 2 aromatic carbocycles. The van der Waals surface area contributed by atoms with Crippen LogP contribution < -0.4 is 0 Å². The topological polar surface area (TPSA) is 59.4 Å². The number of halogens is 1. The van der Waals surface area contributed by atoms with Crippen LogP contribution in [0.1, 0.15) is 36.8 Å². The fourth-order valence-electron chi connectivity index (χ4n) is 3.25. The molecule has 1 aromatic heterocycles. The standard InChI is InChI=1S/C22H22ClNO3/c1-12(2)27-21(22(25)26)19-14(4)24-18-10-9-16(23)11-17(18)20(19)15-7-5-13(3)6-8-15/h5-12,21H,1-4H3,(H,25,26). The van der Waals surface area contributed by atoms with Crippen molar-refractivity contribution in [1.82, 2.24) is 4.98 Å². The summed E-state index contributed by atoms with van der Waals surface area (Å²) in [7, 11) is 0. The highest BCUT2D eigenvalue weighted by atomic mass is 35.5. The summed E-state index contributed by atoms with van der Waals surface area (Å²) in [5.41, 5.74) is 4.80. The Morgan fingerprint density at radius 3 is 2.37 bits per heavy atom. The molecule has 0 aliphatic carbocycles. The van der Waals surface area contributed by atoms with E-state index in [4.69, 9.17) is 16.3 Å². The molecule has 0 saturated carbocycles. The minimum Gasteiger partial charge on any atom is -0.479 e. The predicted molar refractivity (Wildman–Crippen MR) is 108 cm³/mol. The second-order valence-electron chi connectivity index (χ2n) is 6.92. The second kappa shape index (κ2) is 7.67. The number of benzene rings is 2. The van der Waals surface area contributed by atoms with Crippen molar-refractivity contribution in [3.63, 3.8) is 0 Å². The Kier molecular flexibility index (Phi) is 5.49. The van der Waals surface area contributed by atoms with Crippen LogP contribution in [0.5, 0.6) is 0 Å². The number of aryl methyl sites for hydroxylation is 2. The minimum atomic E-state index is -1.11. The Balaban J connectivity index is 2.40. The van der Waals surface area contributed by atoms with Gasteiger partial charge < -0.3 is 9.84 Å². The Morgan fingerprint density at radius 1 is 1.11 bits per heavy atom. The molecule has 0 aliphatic rings. The van der Waals surface area contributed by atoms with E-state index in [9.17, 15) is 9.90 Å². The first kappa shape index (κ1) is 19.3. The van der Waals surface area contributed by atoms with E-state index in [1.165, 1.54) is 0 Å². The Hall–Kier alpha value is -2.43. The molecule has 3 aromatic rings. The smallest absolute Gasteiger partial charge is 0.337 e. The van der Waals surface area contributed by atoms with Crippen LogP contribution >= 0.6 is 11.6 Å². The van der Waals surface area contributed by atoms with Crippen molar-refractivity contribution in [3.8, 4) is 11.1 Å². The summed E-state index contributed by atoms with van der Waals surface area (Å²) < 4.78 is 5.77. The second-order valence-corrected chi connectivity index (χ2v) is 7.35. The summed E-state index contributed by atoms with van der Waals surface area (Å²) in [6, 6.07) is 13.5. The number of carboxylic acids is 1. The number of carbonyl (C=O) groups is 1. The van der Waals surface area contributed by atoms with Gasteiger partial charge in [-0.25, -0.2) is 4.79 Å². The number of aromatic nitrogens is 1. The first-order chi connectivity index (χ1) is 12.8. The summed E-state index contributed by atoms with van der Waals surface area (Å²) in [6.45, 7) is 7.48. The molecule has 0 aliphatic heterocycles. The molecule has 0 spiro atoms.